The van der Waals surface area contributed by atoms with Crippen LogP contribution in [0, 0.1) is 11.8 Å². The summed E-state index contributed by atoms with van der Waals surface area (Å²) in [6.07, 6.45) is 1.36. The van der Waals surface area contributed by atoms with E-state index in [9.17, 15) is 0 Å². The molecule has 0 amide bonds. The average Bonchev–Trinajstić information content (AvgIpc) is 2.78. The van der Waals surface area contributed by atoms with Crippen molar-refractivity contribution in [1.29, 1.82) is 0 Å². The Balaban J connectivity index is 1.93. The third kappa shape index (κ3) is 3.30. The largest absolute Gasteiger partial charge is 0.326 e. The van der Waals surface area contributed by atoms with Gasteiger partial charge < -0.3 is 5.73 Å². The van der Waals surface area contributed by atoms with Crippen molar-refractivity contribution in [2.45, 2.75) is 33.4 Å². The fourth-order valence-electron chi connectivity index (χ4n) is 2.66. The molecule has 2 heteroatoms. The third-order valence-electron chi connectivity index (χ3n) is 3.88. The zero-order valence-electron chi connectivity index (χ0n) is 11.0. The standard InChI is InChI=1S/C15H24N2/c1-12(2)15-6-7-17(11-15)10-14-5-3-4-13(8-14)9-16/h3-5,8,12,15H,6-7,9-11,16H2,1-2H3. The molecule has 1 fully saturated rings. The maximum Gasteiger partial charge on any atom is 0.0233 e. The van der Waals surface area contributed by atoms with Crippen molar-refractivity contribution in [3.63, 3.8) is 0 Å². The summed E-state index contributed by atoms with van der Waals surface area (Å²) in [5.74, 6) is 1.70. The first-order valence-electron chi connectivity index (χ1n) is 6.69. The summed E-state index contributed by atoms with van der Waals surface area (Å²) < 4.78 is 0. The molecule has 94 valence electrons. The Hall–Kier alpha value is -0.860. The molecular weight excluding hydrogens is 208 g/mol. The molecule has 0 bridgehead atoms. The van der Waals surface area contributed by atoms with Gasteiger partial charge >= 0.3 is 0 Å². The maximum absolute atomic E-state index is 5.68. The molecule has 2 N–H and O–H groups in total. The molecule has 0 radical (unpaired) electrons. The molecule has 1 atom stereocenters. The summed E-state index contributed by atoms with van der Waals surface area (Å²) in [4.78, 5) is 2.57. The van der Waals surface area contributed by atoms with Gasteiger partial charge in [-0.25, -0.2) is 0 Å². The van der Waals surface area contributed by atoms with Crippen molar-refractivity contribution < 1.29 is 0 Å². The Morgan fingerprint density at radius 3 is 2.76 bits per heavy atom. The number of nitrogens with two attached hydrogens (primary N) is 1. The molecule has 0 aromatic heterocycles. The van der Waals surface area contributed by atoms with E-state index < -0.39 is 0 Å². The molecule has 1 aromatic rings. The second kappa shape index (κ2) is 5.65. The number of rotatable bonds is 4. The highest BCUT2D eigenvalue weighted by molar-refractivity contribution is 5.23. The highest BCUT2D eigenvalue weighted by atomic mass is 15.1. The highest BCUT2D eigenvalue weighted by Crippen LogP contribution is 2.24. The first kappa shape index (κ1) is 12.6. The Labute approximate surface area is 105 Å². The number of hydrogen-bond donors (Lipinski definition) is 1. The molecule has 1 aliphatic rings. The van der Waals surface area contributed by atoms with Crippen LogP contribution in [0.15, 0.2) is 24.3 Å². The lowest BCUT2D eigenvalue weighted by atomic mass is 9.95. The van der Waals surface area contributed by atoms with Gasteiger partial charge in [0, 0.05) is 19.6 Å². The third-order valence-corrected chi connectivity index (χ3v) is 3.88. The van der Waals surface area contributed by atoms with Gasteiger partial charge in [0.2, 0.25) is 0 Å². The fraction of sp³-hybridized carbons (Fsp3) is 0.600. The zero-order valence-corrected chi connectivity index (χ0v) is 11.0. The van der Waals surface area contributed by atoms with E-state index in [1.807, 2.05) is 0 Å². The number of likely N-dealkylation sites (tertiary alicyclic amines) is 1. The van der Waals surface area contributed by atoms with Crippen LogP contribution in [0.1, 0.15) is 31.4 Å². The minimum atomic E-state index is 0.641. The Morgan fingerprint density at radius 2 is 2.12 bits per heavy atom. The lowest BCUT2D eigenvalue weighted by Crippen LogP contribution is -2.21. The smallest absolute Gasteiger partial charge is 0.0233 e. The normalized spacial score (nSPS) is 21.3. The fourth-order valence-corrected chi connectivity index (χ4v) is 2.66. The van der Waals surface area contributed by atoms with Crippen LogP contribution in [0.4, 0.5) is 0 Å². The molecule has 1 aromatic carbocycles. The summed E-state index contributed by atoms with van der Waals surface area (Å²) >= 11 is 0. The quantitative estimate of drug-likeness (QED) is 0.864. The predicted molar refractivity (Wildman–Crippen MR) is 72.6 cm³/mol. The Bertz CT molecular complexity index is 360. The molecule has 2 nitrogen and oxygen atoms in total. The van der Waals surface area contributed by atoms with Gasteiger partial charge in [-0.05, 0) is 35.9 Å². The van der Waals surface area contributed by atoms with Gasteiger partial charge in [-0.1, -0.05) is 38.1 Å². The SMILES string of the molecule is CC(C)C1CCN(Cc2cccc(CN)c2)C1. The first-order valence-corrected chi connectivity index (χ1v) is 6.69. The van der Waals surface area contributed by atoms with Crippen molar-refractivity contribution in [1.82, 2.24) is 4.90 Å². The molecule has 2 rings (SSSR count). The molecular formula is C15H24N2. The van der Waals surface area contributed by atoms with Gasteiger partial charge in [-0.2, -0.15) is 0 Å². The Morgan fingerprint density at radius 1 is 1.35 bits per heavy atom. The zero-order chi connectivity index (χ0) is 12.3. The predicted octanol–water partition coefficient (Wildman–Crippen LogP) is 2.62. The molecule has 1 aliphatic heterocycles. The van der Waals surface area contributed by atoms with E-state index in [4.69, 9.17) is 5.73 Å². The van der Waals surface area contributed by atoms with E-state index in [0.29, 0.717) is 6.54 Å². The van der Waals surface area contributed by atoms with E-state index >= 15 is 0 Å². The minimum Gasteiger partial charge on any atom is -0.326 e. The number of hydrogen-bond acceptors (Lipinski definition) is 2. The summed E-state index contributed by atoms with van der Waals surface area (Å²) in [6.45, 7) is 8.89. The second-order valence-electron chi connectivity index (χ2n) is 5.55. The van der Waals surface area contributed by atoms with Crippen LogP contribution in [0.3, 0.4) is 0 Å². The lowest BCUT2D eigenvalue weighted by molar-refractivity contribution is 0.297. The number of nitrogens with zero attached hydrogens (tertiary/aromatic N) is 1. The summed E-state index contributed by atoms with van der Waals surface area (Å²) in [7, 11) is 0. The molecule has 17 heavy (non-hydrogen) atoms. The van der Waals surface area contributed by atoms with Crippen LogP contribution in [-0.4, -0.2) is 18.0 Å². The molecule has 1 unspecified atom stereocenters. The maximum atomic E-state index is 5.68. The molecule has 0 aliphatic carbocycles. The van der Waals surface area contributed by atoms with Crippen molar-refractivity contribution in [2.24, 2.45) is 17.6 Å². The van der Waals surface area contributed by atoms with E-state index in [1.165, 1.54) is 30.6 Å². The van der Waals surface area contributed by atoms with E-state index in [2.05, 4.69) is 43.0 Å². The van der Waals surface area contributed by atoms with Crippen LogP contribution in [0.25, 0.3) is 0 Å². The molecule has 1 saturated heterocycles. The lowest BCUT2D eigenvalue weighted by Gasteiger charge is -2.18. The summed E-state index contributed by atoms with van der Waals surface area (Å²) in [5, 5.41) is 0. The molecule has 1 heterocycles. The van der Waals surface area contributed by atoms with Crippen LogP contribution in [-0.2, 0) is 13.1 Å². The van der Waals surface area contributed by atoms with Gasteiger partial charge in [-0.15, -0.1) is 0 Å². The summed E-state index contributed by atoms with van der Waals surface area (Å²) in [6, 6.07) is 8.67. The second-order valence-corrected chi connectivity index (χ2v) is 5.55. The van der Waals surface area contributed by atoms with E-state index in [1.54, 1.807) is 0 Å². The van der Waals surface area contributed by atoms with Gasteiger partial charge in [-0.3, -0.25) is 4.90 Å². The van der Waals surface area contributed by atoms with Gasteiger partial charge in [0.15, 0.2) is 0 Å². The summed E-state index contributed by atoms with van der Waals surface area (Å²) in [5.41, 5.74) is 8.31. The molecule has 0 spiro atoms. The van der Waals surface area contributed by atoms with Crippen molar-refractivity contribution in [2.75, 3.05) is 13.1 Å². The first-order chi connectivity index (χ1) is 8.19. The monoisotopic (exact) mass is 232 g/mol. The molecule has 0 saturated carbocycles. The van der Waals surface area contributed by atoms with Gasteiger partial charge in [0.05, 0.1) is 0 Å². The highest BCUT2D eigenvalue weighted by Gasteiger charge is 2.24. The van der Waals surface area contributed by atoms with Crippen molar-refractivity contribution >= 4 is 0 Å². The Kier molecular flexibility index (Phi) is 4.19. The van der Waals surface area contributed by atoms with Crippen molar-refractivity contribution in [3.8, 4) is 0 Å². The topological polar surface area (TPSA) is 29.3 Å². The number of benzene rings is 1. The van der Waals surface area contributed by atoms with Crippen LogP contribution in [0.5, 0.6) is 0 Å². The van der Waals surface area contributed by atoms with Crippen LogP contribution >= 0.6 is 0 Å². The average molecular weight is 232 g/mol. The van der Waals surface area contributed by atoms with Crippen LogP contribution < -0.4 is 5.73 Å². The van der Waals surface area contributed by atoms with E-state index in [-0.39, 0.29) is 0 Å². The van der Waals surface area contributed by atoms with Gasteiger partial charge in [0.25, 0.3) is 0 Å². The van der Waals surface area contributed by atoms with E-state index in [0.717, 1.165) is 18.4 Å². The minimum absolute atomic E-state index is 0.641. The van der Waals surface area contributed by atoms with Crippen molar-refractivity contribution in [3.05, 3.63) is 35.4 Å². The van der Waals surface area contributed by atoms with Gasteiger partial charge in [0.1, 0.15) is 0 Å². The van der Waals surface area contributed by atoms with Crippen LogP contribution in [0.2, 0.25) is 0 Å².